The maximum atomic E-state index is 11.8. The Hall–Kier alpha value is -2.34. The summed E-state index contributed by atoms with van der Waals surface area (Å²) in [5.74, 6) is 1.51. The summed E-state index contributed by atoms with van der Waals surface area (Å²) >= 11 is 1.40. The molecule has 1 N–H and O–H groups in total. The minimum atomic E-state index is 0.00344. The van der Waals surface area contributed by atoms with Crippen LogP contribution in [-0.4, -0.2) is 17.5 Å². The molecule has 5 nitrogen and oxygen atoms in total. The van der Waals surface area contributed by atoms with Crippen molar-refractivity contribution in [1.29, 1.82) is 0 Å². The van der Waals surface area contributed by atoms with Crippen molar-refractivity contribution < 1.29 is 13.9 Å². The molecule has 24 heavy (non-hydrogen) atoms. The first-order chi connectivity index (χ1) is 11.7. The Bertz CT molecular complexity index is 838. The van der Waals surface area contributed by atoms with Gasteiger partial charge in [-0.1, -0.05) is 13.3 Å². The van der Waals surface area contributed by atoms with Crippen LogP contribution >= 0.6 is 11.3 Å². The van der Waals surface area contributed by atoms with E-state index in [1.54, 1.807) is 0 Å². The molecule has 126 valence electrons. The molecule has 0 aliphatic rings. The molecule has 0 fully saturated rings. The highest BCUT2D eigenvalue weighted by molar-refractivity contribution is 7.14. The van der Waals surface area contributed by atoms with Crippen LogP contribution in [0.1, 0.15) is 33.1 Å². The molecule has 2 aromatic heterocycles. The lowest BCUT2D eigenvalue weighted by Crippen LogP contribution is -2.10. The third-order valence-corrected chi connectivity index (χ3v) is 4.32. The highest BCUT2D eigenvalue weighted by atomic mass is 32.1. The summed E-state index contributed by atoms with van der Waals surface area (Å²) in [7, 11) is 0. The molecule has 0 aliphatic carbocycles. The van der Waals surface area contributed by atoms with Gasteiger partial charge in [-0.3, -0.25) is 4.79 Å². The number of nitrogens with zero attached hydrogens (tertiary/aromatic N) is 1. The number of anilines is 1. The summed E-state index contributed by atoms with van der Waals surface area (Å²) in [6.45, 7) is 4.65. The van der Waals surface area contributed by atoms with Gasteiger partial charge in [0.1, 0.15) is 17.0 Å². The summed E-state index contributed by atoms with van der Waals surface area (Å²) in [5.41, 5.74) is 1.51. The summed E-state index contributed by atoms with van der Waals surface area (Å²) < 4.78 is 11.4. The predicted octanol–water partition coefficient (Wildman–Crippen LogP) is 5.08. The second-order valence-corrected chi connectivity index (χ2v) is 6.29. The first kappa shape index (κ1) is 16.5. The highest BCUT2D eigenvalue weighted by Crippen LogP contribution is 2.32. The first-order valence-corrected chi connectivity index (χ1v) is 8.99. The molecule has 0 saturated carbocycles. The smallest absolute Gasteiger partial charge is 0.226 e. The topological polar surface area (TPSA) is 64.4 Å². The van der Waals surface area contributed by atoms with Gasteiger partial charge in [-0.2, -0.15) is 0 Å². The Morgan fingerprint density at radius 2 is 2.21 bits per heavy atom. The van der Waals surface area contributed by atoms with Crippen LogP contribution in [0.25, 0.3) is 22.4 Å². The molecule has 0 radical (unpaired) electrons. The number of thiazole rings is 1. The summed E-state index contributed by atoms with van der Waals surface area (Å²) in [6, 6.07) is 7.67. The predicted molar refractivity (Wildman–Crippen MR) is 96.6 cm³/mol. The van der Waals surface area contributed by atoms with Gasteiger partial charge >= 0.3 is 0 Å². The van der Waals surface area contributed by atoms with Gasteiger partial charge in [0, 0.05) is 17.2 Å². The van der Waals surface area contributed by atoms with Gasteiger partial charge in [0.25, 0.3) is 0 Å². The van der Waals surface area contributed by atoms with E-state index in [2.05, 4.69) is 17.2 Å². The van der Waals surface area contributed by atoms with Crippen molar-refractivity contribution in [3.63, 3.8) is 0 Å². The van der Waals surface area contributed by atoms with Gasteiger partial charge < -0.3 is 14.5 Å². The second kappa shape index (κ2) is 7.49. The normalized spacial score (nSPS) is 10.9. The van der Waals surface area contributed by atoms with E-state index in [-0.39, 0.29) is 5.91 Å². The van der Waals surface area contributed by atoms with E-state index in [4.69, 9.17) is 9.15 Å². The number of carbonyl (C=O) groups excluding carboxylic acids is 1. The SMILES string of the molecule is CCCCC(=O)Nc1nc(-c2cc3cc(OCC)ccc3o2)cs1. The number of aromatic nitrogens is 1. The molecule has 6 heteroatoms. The van der Waals surface area contributed by atoms with Crippen molar-refractivity contribution in [3.05, 3.63) is 29.6 Å². The van der Waals surface area contributed by atoms with E-state index < -0.39 is 0 Å². The quantitative estimate of drug-likeness (QED) is 0.649. The van der Waals surface area contributed by atoms with Gasteiger partial charge in [-0.25, -0.2) is 4.98 Å². The Morgan fingerprint density at radius 3 is 3.00 bits per heavy atom. The van der Waals surface area contributed by atoms with Crippen molar-refractivity contribution in [2.75, 3.05) is 11.9 Å². The fourth-order valence-corrected chi connectivity index (χ4v) is 3.08. The number of furan rings is 1. The van der Waals surface area contributed by atoms with Crippen LogP contribution in [0, 0.1) is 0 Å². The molecule has 2 heterocycles. The van der Waals surface area contributed by atoms with Crippen LogP contribution in [-0.2, 0) is 4.79 Å². The minimum Gasteiger partial charge on any atom is -0.494 e. The van der Waals surface area contributed by atoms with Crippen LogP contribution in [0.2, 0.25) is 0 Å². The number of hydrogen-bond acceptors (Lipinski definition) is 5. The molecule has 0 atom stereocenters. The molecule has 0 bridgehead atoms. The molecular formula is C18H20N2O3S. The van der Waals surface area contributed by atoms with Crippen LogP contribution in [0.15, 0.2) is 34.1 Å². The number of benzene rings is 1. The average Bonchev–Trinajstić information content (AvgIpc) is 3.19. The molecule has 0 spiro atoms. The van der Waals surface area contributed by atoms with Crippen LogP contribution in [0.5, 0.6) is 5.75 Å². The van der Waals surface area contributed by atoms with Crippen LogP contribution in [0.4, 0.5) is 5.13 Å². The van der Waals surface area contributed by atoms with E-state index >= 15 is 0 Å². The number of fused-ring (bicyclic) bond motifs is 1. The Labute approximate surface area is 144 Å². The summed E-state index contributed by atoms with van der Waals surface area (Å²) in [6.07, 6.45) is 2.41. The number of unbranched alkanes of at least 4 members (excludes halogenated alkanes) is 1. The number of amides is 1. The molecule has 3 rings (SSSR count). The number of ether oxygens (including phenoxy) is 1. The molecule has 0 saturated heterocycles. The Balaban J connectivity index is 1.77. The van der Waals surface area contributed by atoms with Gasteiger partial charge in [0.2, 0.25) is 5.91 Å². The van der Waals surface area contributed by atoms with Gasteiger partial charge in [-0.05, 0) is 37.6 Å². The monoisotopic (exact) mass is 344 g/mol. The zero-order valence-electron chi connectivity index (χ0n) is 13.8. The van der Waals surface area contributed by atoms with Gasteiger partial charge in [-0.15, -0.1) is 11.3 Å². The van der Waals surface area contributed by atoms with E-state index in [1.807, 2.05) is 36.6 Å². The minimum absolute atomic E-state index is 0.00344. The third kappa shape index (κ3) is 3.76. The van der Waals surface area contributed by atoms with Crippen molar-refractivity contribution in [2.24, 2.45) is 0 Å². The van der Waals surface area contributed by atoms with E-state index in [0.717, 1.165) is 35.3 Å². The maximum Gasteiger partial charge on any atom is 0.226 e. The largest absolute Gasteiger partial charge is 0.494 e. The van der Waals surface area contributed by atoms with Crippen molar-refractivity contribution in [3.8, 4) is 17.2 Å². The van der Waals surface area contributed by atoms with E-state index in [0.29, 0.717) is 23.9 Å². The molecule has 0 unspecified atom stereocenters. The Morgan fingerprint density at radius 1 is 1.33 bits per heavy atom. The third-order valence-electron chi connectivity index (χ3n) is 3.56. The van der Waals surface area contributed by atoms with Crippen molar-refractivity contribution in [1.82, 2.24) is 4.98 Å². The number of carbonyl (C=O) groups is 1. The molecule has 0 aliphatic heterocycles. The maximum absolute atomic E-state index is 11.8. The Kier molecular flexibility index (Phi) is 5.15. The molecule has 1 amide bonds. The molecule has 3 aromatic rings. The number of rotatable bonds is 7. The zero-order chi connectivity index (χ0) is 16.9. The van der Waals surface area contributed by atoms with E-state index in [1.165, 1.54) is 11.3 Å². The highest BCUT2D eigenvalue weighted by Gasteiger charge is 2.12. The lowest BCUT2D eigenvalue weighted by molar-refractivity contribution is -0.116. The molecule has 1 aromatic carbocycles. The van der Waals surface area contributed by atoms with Crippen molar-refractivity contribution in [2.45, 2.75) is 33.1 Å². The second-order valence-electron chi connectivity index (χ2n) is 5.43. The lowest BCUT2D eigenvalue weighted by atomic mass is 10.2. The molecular weight excluding hydrogens is 324 g/mol. The first-order valence-electron chi connectivity index (χ1n) is 8.11. The zero-order valence-corrected chi connectivity index (χ0v) is 14.6. The fourth-order valence-electron chi connectivity index (χ4n) is 2.37. The van der Waals surface area contributed by atoms with Gasteiger partial charge in [0.05, 0.1) is 6.61 Å². The van der Waals surface area contributed by atoms with Crippen LogP contribution < -0.4 is 10.1 Å². The average molecular weight is 344 g/mol. The lowest BCUT2D eigenvalue weighted by Gasteiger charge is -2.00. The van der Waals surface area contributed by atoms with E-state index in [9.17, 15) is 4.79 Å². The number of hydrogen-bond donors (Lipinski definition) is 1. The summed E-state index contributed by atoms with van der Waals surface area (Å²) in [5, 5.41) is 6.29. The fraction of sp³-hybridized carbons (Fsp3) is 0.333. The summed E-state index contributed by atoms with van der Waals surface area (Å²) in [4.78, 5) is 16.2. The van der Waals surface area contributed by atoms with Crippen molar-refractivity contribution >= 4 is 33.3 Å². The number of nitrogens with one attached hydrogen (secondary N) is 1. The van der Waals surface area contributed by atoms with Crippen LogP contribution in [0.3, 0.4) is 0 Å². The van der Waals surface area contributed by atoms with Gasteiger partial charge in [0.15, 0.2) is 10.9 Å². The standard InChI is InChI=1S/C18H20N2O3S/c1-3-5-6-17(21)20-18-19-14(11-24-18)16-10-12-9-13(22-4-2)7-8-15(12)23-16/h7-11H,3-6H2,1-2H3,(H,19,20,21).